The molecule has 0 spiro atoms. The van der Waals surface area contributed by atoms with Crippen LogP contribution in [-0.4, -0.2) is 94.6 Å². The summed E-state index contributed by atoms with van der Waals surface area (Å²) in [6.07, 6.45) is 17.2. The molecule has 17 heteroatoms. The predicted octanol–water partition coefficient (Wildman–Crippen LogP) is 9.05. The van der Waals surface area contributed by atoms with E-state index in [-0.39, 0.29) is 47.6 Å². The second-order valence-electron chi connectivity index (χ2n) is 17.6. The number of carbonyl (C=O) groups is 3. The van der Waals surface area contributed by atoms with Crippen LogP contribution in [-0.2, 0) is 16.0 Å². The second kappa shape index (κ2) is 23.2. The molecular weight excluding hydrogens is 844 g/mol. The zero-order valence-corrected chi connectivity index (χ0v) is 37.6. The van der Waals surface area contributed by atoms with Gasteiger partial charge in [0.05, 0.1) is 11.7 Å². The van der Waals surface area contributed by atoms with Crippen LogP contribution in [0.25, 0.3) is 11.5 Å². The molecule has 3 amide bonds. The lowest BCUT2D eigenvalue weighted by molar-refractivity contribution is -0.123. The summed E-state index contributed by atoms with van der Waals surface area (Å²) in [7, 11) is 2.18. The highest BCUT2D eigenvalue weighted by molar-refractivity contribution is 6.29. The van der Waals surface area contributed by atoms with Gasteiger partial charge in [-0.3, -0.25) is 19.1 Å². The van der Waals surface area contributed by atoms with Crippen molar-refractivity contribution in [1.82, 2.24) is 30.0 Å². The van der Waals surface area contributed by atoms with E-state index in [1.807, 2.05) is 18.2 Å². The zero-order valence-electron chi connectivity index (χ0n) is 36.8. The number of anilines is 3. The number of aromatic nitrogens is 4. The van der Waals surface area contributed by atoms with E-state index >= 15 is 0 Å². The van der Waals surface area contributed by atoms with Gasteiger partial charge in [-0.2, -0.15) is 5.10 Å². The summed E-state index contributed by atoms with van der Waals surface area (Å²) in [4.78, 5) is 50.4. The molecule has 346 valence electrons. The minimum atomic E-state index is -2.85. The van der Waals surface area contributed by atoms with Crippen molar-refractivity contribution in [2.24, 2.45) is 11.8 Å². The summed E-state index contributed by atoms with van der Waals surface area (Å²) in [5.41, 5.74) is 2.06. The first-order valence-electron chi connectivity index (χ1n) is 23.0. The lowest BCUT2D eigenvalue weighted by atomic mass is 9.86. The number of carbonyl (C=O) groups excluding carboxylic acids is 3. The van der Waals surface area contributed by atoms with Crippen molar-refractivity contribution in [3.8, 4) is 17.2 Å². The van der Waals surface area contributed by atoms with Gasteiger partial charge in [-0.1, -0.05) is 32.1 Å². The van der Waals surface area contributed by atoms with Gasteiger partial charge in [0.1, 0.15) is 23.7 Å². The fourth-order valence-electron chi connectivity index (χ4n) is 8.72. The summed E-state index contributed by atoms with van der Waals surface area (Å²) in [5, 5.41) is 13.1. The minimum absolute atomic E-state index is 0.0158. The van der Waals surface area contributed by atoms with E-state index in [1.54, 1.807) is 27.9 Å². The topological polar surface area (TPSA) is 160 Å². The molecule has 64 heavy (non-hydrogen) atoms. The highest BCUT2D eigenvalue weighted by Gasteiger charge is 2.28. The van der Waals surface area contributed by atoms with E-state index in [9.17, 15) is 23.2 Å². The Hall–Kier alpha value is -5.09. The molecule has 4 aromatic rings. The number of alkyl halides is 3. The van der Waals surface area contributed by atoms with E-state index in [2.05, 4.69) is 43.0 Å². The van der Waals surface area contributed by atoms with Gasteiger partial charge >= 0.3 is 0 Å². The quantitative estimate of drug-likeness (QED) is 0.0458. The average molecular weight is 907 g/mol. The second-order valence-corrected chi connectivity index (χ2v) is 17.8. The van der Waals surface area contributed by atoms with Crippen LogP contribution < -0.4 is 25.6 Å². The Labute approximate surface area is 379 Å². The third kappa shape index (κ3) is 13.5. The molecule has 0 atom stereocenters. The number of rotatable bonds is 24. The normalized spacial score (nSPS) is 17.4. The number of ether oxygens (including phenoxy) is 1. The van der Waals surface area contributed by atoms with E-state index in [1.165, 1.54) is 44.6 Å². The number of aryl methyl sites for hydroxylation is 1. The van der Waals surface area contributed by atoms with Crippen molar-refractivity contribution < 1.29 is 32.3 Å². The maximum absolute atomic E-state index is 14.1. The van der Waals surface area contributed by atoms with Gasteiger partial charge in [-0.15, -0.1) is 11.6 Å². The van der Waals surface area contributed by atoms with Crippen LogP contribution >= 0.6 is 11.6 Å². The van der Waals surface area contributed by atoms with Gasteiger partial charge in [0.15, 0.2) is 18.0 Å². The van der Waals surface area contributed by atoms with Gasteiger partial charge in [0, 0.05) is 49.8 Å². The molecule has 0 radical (unpaired) electrons. The number of halogens is 3. The average Bonchev–Trinajstić information content (AvgIpc) is 3.82. The van der Waals surface area contributed by atoms with Crippen LogP contribution in [0.3, 0.4) is 0 Å². The largest absolute Gasteiger partial charge is 0.484 e. The lowest BCUT2D eigenvalue weighted by Crippen LogP contribution is -2.36. The molecule has 3 N–H and O–H groups in total. The molecule has 7 rings (SSSR count). The predicted molar refractivity (Wildman–Crippen MR) is 243 cm³/mol. The van der Waals surface area contributed by atoms with Crippen LogP contribution in [0.15, 0.2) is 53.4 Å². The van der Waals surface area contributed by atoms with Crippen molar-refractivity contribution in [2.45, 2.75) is 109 Å². The Kier molecular flexibility index (Phi) is 17.0. The number of fused-ring (bicyclic) bond motifs is 1. The molecule has 2 fully saturated rings. The van der Waals surface area contributed by atoms with Crippen molar-refractivity contribution in [1.29, 1.82) is 0 Å². The molecular formula is C47H62ClF2N9O5. The first-order chi connectivity index (χ1) is 31.1. The number of pyridine rings is 1. The van der Waals surface area contributed by atoms with Crippen molar-refractivity contribution in [3.05, 3.63) is 65.9 Å². The molecule has 1 aliphatic heterocycles. The maximum Gasteiger partial charge on any atom is 0.284 e. The van der Waals surface area contributed by atoms with Crippen molar-refractivity contribution in [2.75, 3.05) is 67.8 Å². The number of unbranched alkanes of at least 4 members (excludes halogenated alkanes) is 6. The Morgan fingerprint density at radius 1 is 0.984 bits per heavy atom. The molecule has 2 aliphatic carbocycles. The van der Waals surface area contributed by atoms with Crippen LogP contribution in [0.4, 0.5) is 26.0 Å². The van der Waals surface area contributed by atoms with Gasteiger partial charge in [0.25, 0.3) is 18.2 Å². The van der Waals surface area contributed by atoms with Gasteiger partial charge in [0.2, 0.25) is 11.8 Å². The molecule has 4 heterocycles. The fourth-order valence-corrected chi connectivity index (χ4v) is 8.86. The molecule has 0 unspecified atom stereocenters. The number of hydrogen-bond acceptors (Lipinski definition) is 10. The number of benzene rings is 1. The number of amides is 3. The first-order valence-corrected chi connectivity index (χ1v) is 23.6. The third-order valence-electron chi connectivity index (χ3n) is 12.5. The first kappa shape index (κ1) is 46.9. The Morgan fingerprint density at radius 2 is 1.75 bits per heavy atom. The molecule has 3 aliphatic rings. The highest BCUT2D eigenvalue weighted by Crippen LogP contribution is 2.36. The van der Waals surface area contributed by atoms with Crippen LogP contribution in [0.5, 0.6) is 5.75 Å². The third-order valence-corrected chi connectivity index (χ3v) is 12.7. The standard InChI is InChI=1S/C47H62ClF2N9O5/c1-57(22-8-6-4-2-3-5-7-20-52-42(60)31-63-37-17-18-40-34(24-37)10-9-23-58(40)43(61)26-48)28-33-13-15-36(16-14-33)59-29-38(44(56-59)45(49)50)54-46(62)39-30-64-47(55-39)35-19-21-51-41(25-35)53-27-32-11-12-32/h17-19,21,24-25,29-30,32-33,36,45H,2-16,20,22-23,26-28,31H2,1H3,(H,51,53)(H,52,60)(H,54,62). The molecule has 14 nitrogen and oxygen atoms in total. The summed E-state index contributed by atoms with van der Waals surface area (Å²) < 4.78 is 41.2. The highest BCUT2D eigenvalue weighted by atomic mass is 35.5. The Balaban J connectivity index is 0.728. The molecule has 1 aromatic carbocycles. The summed E-state index contributed by atoms with van der Waals surface area (Å²) >= 11 is 5.77. The fraction of sp³-hybridized carbons (Fsp3) is 0.574. The van der Waals surface area contributed by atoms with Gasteiger partial charge in [-0.05, 0) is 126 Å². The van der Waals surface area contributed by atoms with Crippen molar-refractivity contribution >= 4 is 46.5 Å². The zero-order chi connectivity index (χ0) is 44.8. The Morgan fingerprint density at radius 3 is 2.52 bits per heavy atom. The number of nitrogens with one attached hydrogen (secondary N) is 3. The molecule has 2 saturated carbocycles. The SMILES string of the molecule is CN(CCCCCCCCCNC(=O)COc1ccc2c(c1)CCCN2C(=O)CCl)CC1CCC(n2cc(NC(=O)c3coc(-c4ccnc(NCC5CC5)c4)n3)c(C(F)F)n2)CC1. The summed E-state index contributed by atoms with van der Waals surface area (Å²) in [6, 6.07) is 9.10. The summed E-state index contributed by atoms with van der Waals surface area (Å²) in [6.45, 7) is 4.15. The molecule has 0 saturated heterocycles. The smallest absolute Gasteiger partial charge is 0.284 e. The minimum Gasteiger partial charge on any atom is -0.484 e. The summed E-state index contributed by atoms with van der Waals surface area (Å²) in [5.74, 6) is 1.83. The van der Waals surface area contributed by atoms with E-state index < -0.39 is 18.0 Å². The Bertz CT molecular complexity index is 2160. The van der Waals surface area contributed by atoms with Crippen LogP contribution in [0.2, 0.25) is 0 Å². The van der Waals surface area contributed by atoms with E-state index in [0.717, 1.165) is 95.1 Å². The number of oxazole rings is 1. The van der Waals surface area contributed by atoms with E-state index in [0.29, 0.717) is 42.1 Å². The van der Waals surface area contributed by atoms with Gasteiger partial charge < -0.3 is 34.9 Å². The monoisotopic (exact) mass is 905 g/mol. The molecule has 3 aromatic heterocycles. The number of nitrogens with zero attached hydrogens (tertiary/aromatic N) is 6. The van der Waals surface area contributed by atoms with Crippen molar-refractivity contribution in [3.63, 3.8) is 0 Å². The van der Waals surface area contributed by atoms with Crippen LogP contribution in [0.1, 0.15) is 124 Å². The lowest BCUT2D eigenvalue weighted by Gasteiger charge is -2.31. The number of hydrogen-bond donors (Lipinski definition) is 3. The maximum atomic E-state index is 14.1. The molecule has 0 bridgehead atoms. The van der Waals surface area contributed by atoms with E-state index in [4.69, 9.17) is 20.8 Å². The van der Waals surface area contributed by atoms with Gasteiger partial charge in [-0.25, -0.2) is 18.7 Å². The van der Waals surface area contributed by atoms with Crippen LogP contribution in [0, 0.1) is 11.8 Å².